The lowest BCUT2D eigenvalue weighted by Crippen LogP contribution is -2.43. The first-order valence-corrected chi connectivity index (χ1v) is 10.6. The standard InChI is InChI=1S/C25H25FN2O3/c26-22-11-5-4-10-21(22)23-14-12-20(31-23)13-15-24(29)28-16-6-7-18(17-28)25(30)27-19-8-2-1-3-9-19/h1-5,8-12,14,18H,6-7,13,15-17H2,(H,27,30). The van der Waals surface area contributed by atoms with Gasteiger partial charge in [0.2, 0.25) is 11.8 Å². The number of carbonyl (C=O) groups is 2. The van der Waals surface area contributed by atoms with Gasteiger partial charge in [0.15, 0.2) is 0 Å². The van der Waals surface area contributed by atoms with Gasteiger partial charge in [-0.1, -0.05) is 30.3 Å². The molecule has 1 saturated heterocycles. The van der Waals surface area contributed by atoms with Crippen molar-refractivity contribution in [1.29, 1.82) is 0 Å². The lowest BCUT2D eigenvalue weighted by Gasteiger charge is -2.32. The highest BCUT2D eigenvalue weighted by molar-refractivity contribution is 5.93. The fourth-order valence-electron chi connectivity index (χ4n) is 3.89. The van der Waals surface area contributed by atoms with E-state index in [1.54, 1.807) is 35.2 Å². The van der Waals surface area contributed by atoms with Crippen molar-refractivity contribution >= 4 is 17.5 Å². The fourth-order valence-corrected chi connectivity index (χ4v) is 3.89. The van der Waals surface area contributed by atoms with E-state index in [4.69, 9.17) is 4.42 Å². The molecule has 3 aromatic rings. The number of furan rings is 1. The molecule has 1 unspecified atom stereocenters. The van der Waals surface area contributed by atoms with Crippen LogP contribution in [-0.4, -0.2) is 29.8 Å². The molecule has 31 heavy (non-hydrogen) atoms. The number of aryl methyl sites for hydroxylation is 1. The first-order valence-electron chi connectivity index (χ1n) is 10.6. The molecule has 1 N–H and O–H groups in total. The summed E-state index contributed by atoms with van der Waals surface area (Å²) in [4.78, 5) is 27.1. The van der Waals surface area contributed by atoms with Gasteiger partial charge in [-0.3, -0.25) is 9.59 Å². The van der Waals surface area contributed by atoms with E-state index in [0.717, 1.165) is 18.5 Å². The largest absolute Gasteiger partial charge is 0.461 e. The second kappa shape index (κ2) is 9.60. The first kappa shape index (κ1) is 20.8. The van der Waals surface area contributed by atoms with E-state index in [2.05, 4.69) is 5.32 Å². The average molecular weight is 420 g/mol. The van der Waals surface area contributed by atoms with Crippen LogP contribution >= 0.6 is 0 Å². The molecule has 1 aliphatic heterocycles. The van der Waals surface area contributed by atoms with Crippen LogP contribution in [0.4, 0.5) is 10.1 Å². The van der Waals surface area contributed by atoms with Crippen molar-refractivity contribution in [1.82, 2.24) is 4.90 Å². The van der Waals surface area contributed by atoms with Crippen LogP contribution in [-0.2, 0) is 16.0 Å². The summed E-state index contributed by atoms with van der Waals surface area (Å²) < 4.78 is 19.7. The van der Waals surface area contributed by atoms with E-state index >= 15 is 0 Å². The number of anilines is 1. The molecule has 6 heteroatoms. The van der Waals surface area contributed by atoms with Gasteiger partial charge in [-0.05, 0) is 49.2 Å². The highest BCUT2D eigenvalue weighted by Crippen LogP contribution is 2.26. The zero-order valence-corrected chi connectivity index (χ0v) is 17.2. The molecule has 1 aliphatic rings. The highest BCUT2D eigenvalue weighted by atomic mass is 19.1. The van der Waals surface area contributed by atoms with E-state index in [0.29, 0.717) is 36.6 Å². The van der Waals surface area contributed by atoms with Crippen LogP contribution in [0.2, 0.25) is 0 Å². The molecule has 0 saturated carbocycles. The molecule has 0 aliphatic carbocycles. The van der Waals surface area contributed by atoms with Crippen LogP contribution in [0.5, 0.6) is 0 Å². The Balaban J connectivity index is 1.31. The Kier molecular flexibility index (Phi) is 6.46. The fraction of sp³-hybridized carbons (Fsp3) is 0.280. The summed E-state index contributed by atoms with van der Waals surface area (Å²) >= 11 is 0. The molecule has 0 spiro atoms. The quantitative estimate of drug-likeness (QED) is 0.617. The summed E-state index contributed by atoms with van der Waals surface area (Å²) in [6.45, 7) is 1.09. The second-order valence-corrected chi connectivity index (χ2v) is 7.78. The first-order chi connectivity index (χ1) is 15.1. The molecule has 4 rings (SSSR count). The molecule has 1 atom stereocenters. The van der Waals surface area contributed by atoms with Crippen LogP contribution in [0.15, 0.2) is 71.1 Å². The zero-order valence-electron chi connectivity index (χ0n) is 17.2. The topological polar surface area (TPSA) is 62.6 Å². The number of para-hydroxylation sites is 1. The summed E-state index contributed by atoms with van der Waals surface area (Å²) in [5, 5.41) is 2.93. The molecule has 1 aromatic heterocycles. The molecule has 2 amide bonds. The predicted molar refractivity (Wildman–Crippen MR) is 117 cm³/mol. The van der Waals surface area contributed by atoms with E-state index in [-0.39, 0.29) is 30.0 Å². The third-order valence-corrected chi connectivity index (χ3v) is 5.57. The number of nitrogens with one attached hydrogen (secondary N) is 1. The number of likely N-dealkylation sites (tertiary alicyclic amines) is 1. The smallest absolute Gasteiger partial charge is 0.229 e. The number of amides is 2. The Morgan fingerprint density at radius 1 is 1.03 bits per heavy atom. The summed E-state index contributed by atoms with van der Waals surface area (Å²) in [6.07, 6.45) is 2.30. The zero-order chi connectivity index (χ0) is 21.6. The summed E-state index contributed by atoms with van der Waals surface area (Å²) in [7, 11) is 0. The van der Waals surface area contributed by atoms with Crippen LogP contribution < -0.4 is 5.32 Å². The van der Waals surface area contributed by atoms with Crippen molar-refractivity contribution in [3.05, 3.63) is 78.3 Å². The maximum atomic E-state index is 13.9. The summed E-state index contributed by atoms with van der Waals surface area (Å²) in [5.41, 5.74) is 1.17. The van der Waals surface area contributed by atoms with Crippen molar-refractivity contribution in [3.8, 4) is 11.3 Å². The third-order valence-electron chi connectivity index (χ3n) is 5.57. The van der Waals surface area contributed by atoms with Crippen LogP contribution in [0.1, 0.15) is 25.0 Å². The van der Waals surface area contributed by atoms with Crippen molar-refractivity contribution in [2.75, 3.05) is 18.4 Å². The molecule has 2 heterocycles. The van der Waals surface area contributed by atoms with Gasteiger partial charge in [-0.2, -0.15) is 0 Å². The number of rotatable bonds is 6. The lowest BCUT2D eigenvalue weighted by molar-refractivity contribution is -0.134. The van der Waals surface area contributed by atoms with Crippen molar-refractivity contribution in [2.45, 2.75) is 25.7 Å². The number of hydrogen-bond donors (Lipinski definition) is 1. The normalized spacial score (nSPS) is 16.2. The van der Waals surface area contributed by atoms with E-state index < -0.39 is 0 Å². The van der Waals surface area contributed by atoms with Gasteiger partial charge in [0, 0.05) is 31.6 Å². The van der Waals surface area contributed by atoms with Gasteiger partial charge in [-0.25, -0.2) is 4.39 Å². The molecule has 0 radical (unpaired) electrons. The molecular weight excluding hydrogens is 395 g/mol. The third kappa shape index (κ3) is 5.20. The minimum atomic E-state index is -0.340. The van der Waals surface area contributed by atoms with Gasteiger partial charge in [0.1, 0.15) is 17.3 Å². The Hall–Kier alpha value is -3.41. The van der Waals surface area contributed by atoms with Crippen molar-refractivity contribution in [3.63, 3.8) is 0 Å². The van der Waals surface area contributed by atoms with Crippen LogP contribution in [0.3, 0.4) is 0 Å². The number of halogens is 1. The van der Waals surface area contributed by atoms with Gasteiger partial charge >= 0.3 is 0 Å². The van der Waals surface area contributed by atoms with E-state index in [9.17, 15) is 14.0 Å². The minimum Gasteiger partial charge on any atom is -0.461 e. The Morgan fingerprint density at radius 2 is 1.81 bits per heavy atom. The Morgan fingerprint density at radius 3 is 2.61 bits per heavy atom. The number of hydrogen-bond acceptors (Lipinski definition) is 3. The molecule has 160 valence electrons. The second-order valence-electron chi connectivity index (χ2n) is 7.78. The molecular formula is C25H25FN2O3. The minimum absolute atomic E-state index is 0.000975. The highest BCUT2D eigenvalue weighted by Gasteiger charge is 2.28. The summed E-state index contributed by atoms with van der Waals surface area (Å²) in [6, 6.07) is 19.3. The maximum Gasteiger partial charge on any atom is 0.229 e. The van der Waals surface area contributed by atoms with Gasteiger partial charge in [0.25, 0.3) is 0 Å². The molecule has 0 bridgehead atoms. The number of piperidine rings is 1. The van der Waals surface area contributed by atoms with E-state index in [1.807, 2.05) is 30.3 Å². The predicted octanol–water partition coefficient (Wildman–Crippen LogP) is 4.90. The number of benzene rings is 2. The molecule has 5 nitrogen and oxygen atoms in total. The van der Waals surface area contributed by atoms with Crippen LogP contribution in [0.25, 0.3) is 11.3 Å². The van der Waals surface area contributed by atoms with Gasteiger partial charge in [0.05, 0.1) is 11.5 Å². The molecule has 1 fully saturated rings. The lowest BCUT2D eigenvalue weighted by atomic mass is 9.96. The Bertz CT molecular complexity index is 1050. The SMILES string of the molecule is O=C(Nc1ccccc1)C1CCCN(C(=O)CCc2ccc(-c3ccccc3F)o2)C1. The van der Waals surface area contributed by atoms with Crippen molar-refractivity contribution in [2.24, 2.45) is 5.92 Å². The average Bonchev–Trinajstić information content (AvgIpc) is 3.27. The molecule has 2 aromatic carbocycles. The Labute approximate surface area is 180 Å². The van der Waals surface area contributed by atoms with Crippen molar-refractivity contribution < 1.29 is 18.4 Å². The monoisotopic (exact) mass is 420 g/mol. The number of nitrogens with zero attached hydrogens (tertiary/aromatic N) is 1. The maximum absolute atomic E-state index is 13.9. The summed E-state index contributed by atoms with van der Waals surface area (Å²) in [5.74, 6) is 0.491. The van der Waals surface area contributed by atoms with E-state index in [1.165, 1.54) is 6.07 Å². The van der Waals surface area contributed by atoms with Crippen LogP contribution in [0, 0.1) is 11.7 Å². The van der Waals surface area contributed by atoms with Gasteiger partial charge < -0.3 is 14.6 Å². The van der Waals surface area contributed by atoms with Gasteiger partial charge in [-0.15, -0.1) is 0 Å². The number of carbonyl (C=O) groups excluding carboxylic acids is 2.